The molecule has 0 saturated heterocycles. The van der Waals surface area contributed by atoms with Crippen molar-refractivity contribution in [3.63, 3.8) is 0 Å². The van der Waals surface area contributed by atoms with E-state index < -0.39 is 10.8 Å². The van der Waals surface area contributed by atoms with Gasteiger partial charge in [0.15, 0.2) is 5.03 Å². The van der Waals surface area contributed by atoms with E-state index in [0.29, 0.717) is 5.82 Å². The molecule has 1 heterocycles. The van der Waals surface area contributed by atoms with Crippen LogP contribution in [0.15, 0.2) is 29.3 Å². The van der Waals surface area contributed by atoms with Gasteiger partial charge in [0.2, 0.25) is 11.7 Å². The molecule has 1 amide bonds. The second-order valence-electron chi connectivity index (χ2n) is 4.51. The summed E-state index contributed by atoms with van der Waals surface area (Å²) in [7, 11) is 0. The Bertz CT molecular complexity index is 715. The molecule has 116 valence electrons. The average Bonchev–Trinajstić information content (AvgIpc) is 2.76. The second-order valence-corrected chi connectivity index (χ2v) is 5.48. The first-order valence-electron chi connectivity index (χ1n) is 6.25. The number of hydrogen-bond acceptors (Lipinski definition) is 5. The van der Waals surface area contributed by atoms with Crippen LogP contribution in [0.25, 0.3) is 0 Å². The van der Waals surface area contributed by atoms with E-state index in [-0.39, 0.29) is 29.0 Å². The summed E-state index contributed by atoms with van der Waals surface area (Å²) in [6.45, 7) is 1.92. The van der Waals surface area contributed by atoms with Crippen LogP contribution in [0.4, 0.5) is 10.2 Å². The fourth-order valence-electron chi connectivity index (χ4n) is 1.89. The van der Waals surface area contributed by atoms with Crippen molar-refractivity contribution < 1.29 is 14.1 Å². The van der Waals surface area contributed by atoms with Crippen molar-refractivity contribution in [3.8, 4) is 0 Å². The van der Waals surface area contributed by atoms with Gasteiger partial charge in [0.05, 0.1) is 12.3 Å². The summed E-state index contributed by atoms with van der Waals surface area (Å²) < 4.78 is 14.5. The third-order valence-electron chi connectivity index (χ3n) is 2.87. The molecule has 2 N–H and O–H groups in total. The van der Waals surface area contributed by atoms with E-state index in [4.69, 9.17) is 5.73 Å². The summed E-state index contributed by atoms with van der Waals surface area (Å²) in [5.74, 6) is -0.907. The first-order valence-corrected chi connectivity index (χ1v) is 7.24. The third-order valence-corrected chi connectivity index (χ3v) is 3.98. The molecule has 22 heavy (non-hydrogen) atoms. The number of thioether (sulfide) groups is 1. The zero-order chi connectivity index (χ0) is 16.3. The van der Waals surface area contributed by atoms with Gasteiger partial charge in [-0.05, 0) is 27.6 Å². The minimum atomic E-state index is -0.600. The number of aryl methyl sites for hydroxylation is 1. The Morgan fingerprint density at radius 1 is 1.45 bits per heavy atom. The molecule has 7 nitrogen and oxygen atoms in total. The minimum Gasteiger partial charge on any atom is -0.369 e. The fraction of sp³-hybridized carbons (Fsp3) is 0.231. The van der Waals surface area contributed by atoms with Crippen LogP contribution in [0.2, 0.25) is 0 Å². The Kier molecular flexibility index (Phi) is 4.76. The molecular formula is C13H13FN4O3S. The van der Waals surface area contributed by atoms with Gasteiger partial charge in [0.1, 0.15) is 5.82 Å². The van der Waals surface area contributed by atoms with Crippen LogP contribution in [0.1, 0.15) is 11.4 Å². The molecule has 9 heteroatoms. The number of carbonyl (C=O) groups is 1. The zero-order valence-electron chi connectivity index (χ0n) is 11.7. The van der Waals surface area contributed by atoms with E-state index in [1.807, 2.05) is 0 Å². The molecule has 0 spiro atoms. The maximum absolute atomic E-state index is 12.9. The standard InChI is InChI=1S/C13H13FN4O3S/c1-8-16-12(18(20)21)13(22-7-11(15)19)17(8)6-9-2-4-10(14)5-3-9/h2-5H,6-7H2,1H3,(H2,15,19). The number of nitrogens with zero attached hydrogens (tertiary/aromatic N) is 3. The van der Waals surface area contributed by atoms with Gasteiger partial charge >= 0.3 is 5.82 Å². The highest BCUT2D eigenvalue weighted by molar-refractivity contribution is 8.00. The van der Waals surface area contributed by atoms with Crippen molar-refractivity contribution in [2.24, 2.45) is 5.73 Å². The molecule has 0 aliphatic rings. The molecule has 0 saturated carbocycles. The predicted molar refractivity (Wildman–Crippen MR) is 79.0 cm³/mol. The number of imidazole rings is 1. The molecule has 0 aliphatic heterocycles. The molecule has 2 aromatic rings. The van der Waals surface area contributed by atoms with Gasteiger partial charge in [-0.15, -0.1) is 0 Å². The highest BCUT2D eigenvalue weighted by Gasteiger charge is 2.26. The number of hydrogen-bond donors (Lipinski definition) is 1. The Hall–Kier alpha value is -2.42. The molecule has 0 atom stereocenters. The molecule has 2 rings (SSSR count). The third kappa shape index (κ3) is 3.61. The monoisotopic (exact) mass is 324 g/mol. The van der Waals surface area contributed by atoms with Crippen LogP contribution in [-0.2, 0) is 11.3 Å². The minimum absolute atomic E-state index is 0.0879. The van der Waals surface area contributed by atoms with Crippen LogP contribution in [-0.4, -0.2) is 26.1 Å². The lowest BCUT2D eigenvalue weighted by Crippen LogP contribution is -2.14. The van der Waals surface area contributed by atoms with Gasteiger partial charge in [0, 0.05) is 6.92 Å². The van der Waals surface area contributed by atoms with Gasteiger partial charge in [-0.3, -0.25) is 9.36 Å². The number of rotatable bonds is 6. The highest BCUT2D eigenvalue weighted by atomic mass is 32.2. The first kappa shape index (κ1) is 16.0. The maximum Gasteiger partial charge on any atom is 0.396 e. The molecule has 1 aromatic carbocycles. The van der Waals surface area contributed by atoms with E-state index in [0.717, 1.165) is 17.3 Å². The van der Waals surface area contributed by atoms with Crippen molar-refractivity contribution in [2.45, 2.75) is 18.5 Å². The first-order chi connectivity index (χ1) is 10.4. The second kappa shape index (κ2) is 6.56. The van der Waals surface area contributed by atoms with Crippen LogP contribution >= 0.6 is 11.8 Å². The van der Waals surface area contributed by atoms with Crippen molar-refractivity contribution in [3.05, 3.63) is 51.6 Å². The van der Waals surface area contributed by atoms with Gasteiger partial charge in [-0.25, -0.2) is 4.39 Å². The topological polar surface area (TPSA) is 104 Å². The average molecular weight is 324 g/mol. The van der Waals surface area contributed by atoms with Crippen molar-refractivity contribution >= 4 is 23.5 Å². The molecule has 0 radical (unpaired) electrons. The molecule has 0 fully saturated rings. The van der Waals surface area contributed by atoms with Crippen molar-refractivity contribution in [1.82, 2.24) is 9.55 Å². The lowest BCUT2D eigenvalue weighted by atomic mass is 10.2. The van der Waals surface area contributed by atoms with Crippen molar-refractivity contribution in [1.29, 1.82) is 0 Å². The van der Waals surface area contributed by atoms with Gasteiger partial charge in [-0.2, -0.15) is 0 Å². The van der Waals surface area contributed by atoms with E-state index in [2.05, 4.69) is 4.98 Å². The largest absolute Gasteiger partial charge is 0.396 e. The number of aromatic nitrogens is 2. The molecule has 0 aliphatic carbocycles. The fourth-order valence-corrected chi connectivity index (χ4v) is 2.77. The van der Waals surface area contributed by atoms with Crippen LogP contribution in [0, 0.1) is 22.9 Å². The Labute approximate surface area is 129 Å². The Morgan fingerprint density at radius 3 is 2.64 bits per heavy atom. The number of carbonyl (C=O) groups excluding carboxylic acids is 1. The summed E-state index contributed by atoms with van der Waals surface area (Å²) in [6, 6.07) is 5.80. The van der Waals surface area contributed by atoms with Crippen LogP contribution in [0.5, 0.6) is 0 Å². The summed E-state index contributed by atoms with van der Waals surface area (Å²) in [5, 5.41) is 11.3. The summed E-state index contributed by atoms with van der Waals surface area (Å²) >= 11 is 0.964. The Balaban J connectivity index is 2.37. The summed E-state index contributed by atoms with van der Waals surface area (Å²) in [6.07, 6.45) is 0. The van der Waals surface area contributed by atoms with E-state index >= 15 is 0 Å². The van der Waals surface area contributed by atoms with E-state index in [1.165, 1.54) is 12.1 Å². The van der Waals surface area contributed by atoms with Crippen LogP contribution < -0.4 is 5.73 Å². The maximum atomic E-state index is 12.9. The summed E-state index contributed by atoms with van der Waals surface area (Å²) in [5.41, 5.74) is 5.85. The molecule has 0 bridgehead atoms. The predicted octanol–water partition coefficient (Wildman–Crippen LogP) is 1.86. The zero-order valence-corrected chi connectivity index (χ0v) is 12.5. The SMILES string of the molecule is Cc1nc([N+](=O)[O-])c(SCC(N)=O)n1Cc1ccc(F)cc1. The lowest BCUT2D eigenvalue weighted by molar-refractivity contribution is -0.392. The number of halogens is 1. The van der Waals surface area contributed by atoms with E-state index in [1.54, 1.807) is 23.6 Å². The van der Waals surface area contributed by atoms with Gasteiger partial charge in [0.25, 0.3) is 0 Å². The summed E-state index contributed by atoms with van der Waals surface area (Å²) in [4.78, 5) is 25.3. The Morgan fingerprint density at radius 2 is 2.09 bits per heavy atom. The number of primary amides is 1. The molecule has 1 aromatic heterocycles. The van der Waals surface area contributed by atoms with Gasteiger partial charge < -0.3 is 15.8 Å². The lowest BCUT2D eigenvalue weighted by Gasteiger charge is -2.07. The molecule has 0 unspecified atom stereocenters. The normalized spacial score (nSPS) is 10.6. The highest BCUT2D eigenvalue weighted by Crippen LogP contribution is 2.30. The number of amides is 1. The van der Waals surface area contributed by atoms with Crippen molar-refractivity contribution in [2.75, 3.05) is 5.75 Å². The molecular weight excluding hydrogens is 311 g/mol. The number of benzene rings is 1. The number of nitrogens with two attached hydrogens (primary N) is 1. The van der Waals surface area contributed by atoms with E-state index in [9.17, 15) is 19.3 Å². The number of nitro groups is 1. The van der Waals surface area contributed by atoms with Gasteiger partial charge in [-0.1, -0.05) is 23.9 Å². The van der Waals surface area contributed by atoms with Crippen LogP contribution in [0.3, 0.4) is 0 Å². The smallest absolute Gasteiger partial charge is 0.369 e. The quantitative estimate of drug-likeness (QED) is 0.496.